The van der Waals surface area contributed by atoms with Crippen molar-refractivity contribution in [2.24, 2.45) is 0 Å². The van der Waals surface area contributed by atoms with E-state index in [9.17, 15) is 0 Å². The minimum Gasteiger partial charge on any atom is -0.242 e. The maximum Gasteiger partial charge on any atom is 0.231 e. The number of nitrogens with one attached hydrogen (secondary N) is 4. The van der Waals surface area contributed by atoms with Gasteiger partial charge in [0, 0.05) is 0 Å². The fraction of sp³-hybridized carbons (Fsp3) is 0.100. The molecule has 1 aromatic carbocycles. The molecule has 0 atom stereocenters. The summed E-state index contributed by atoms with van der Waals surface area (Å²) in [6, 6.07) is 11.5. The van der Waals surface area contributed by atoms with Gasteiger partial charge in [0.05, 0.1) is 6.01 Å². The van der Waals surface area contributed by atoms with Gasteiger partial charge in [-0.3, -0.25) is 0 Å². The van der Waals surface area contributed by atoms with Crippen LogP contribution >= 0.6 is 0 Å². The van der Waals surface area contributed by atoms with Crippen molar-refractivity contribution in [2.75, 3.05) is 0 Å². The topological polar surface area (TPSA) is 130 Å². The Morgan fingerprint density at radius 1 is 0.875 bits per heavy atom. The van der Waals surface area contributed by atoms with Crippen LogP contribution in [0.4, 0.5) is 0 Å². The van der Waals surface area contributed by atoms with Crippen molar-refractivity contribution in [3.05, 3.63) is 35.9 Å². The first kappa shape index (κ1) is 19.0. The Morgan fingerprint density at radius 2 is 1.12 bits per heavy atom. The quantitative estimate of drug-likeness (QED) is 0.394. The summed E-state index contributed by atoms with van der Waals surface area (Å²) in [5.41, 5.74) is 1.32. The second-order valence-corrected chi connectivity index (χ2v) is 1.98. The number of aryl methyl sites for hydroxylation is 1. The highest BCUT2D eigenvalue weighted by molar-refractivity contribution is 5.29. The lowest BCUT2D eigenvalue weighted by Gasteiger charge is -1.82. The number of benzene rings is 1. The van der Waals surface area contributed by atoms with E-state index < -0.39 is 0 Å². The van der Waals surface area contributed by atoms with E-state index in [0.29, 0.717) is 0 Å². The SMILES string of the molecule is Cc1ccccc1.N=C=N.N=C=O.N=C=O. The summed E-state index contributed by atoms with van der Waals surface area (Å²) >= 11 is 0. The number of isocyanates is 2. The van der Waals surface area contributed by atoms with Gasteiger partial charge in [-0.15, -0.1) is 0 Å². The van der Waals surface area contributed by atoms with Crippen molar-refractivity contribution in [2.45, 2.75) is 6.92 Å². The molecule has 0 spiro atoms. The molecule has 0 aliphatic heterocycles. The van der Waals surface area contributed by atoms with Crippen LogP contribution in [-0.2, 0) is 9.59 Å². The summed E-state index contributed by atoms with van der Waals surface area (Å²) < 4.78 is 0. The third-order valence-corrected chi connectivity index (χ3v) is 0.940. The first-order valence-corrected chi connectivity index (χ1v) is 3.82. The van der Waals surface area contributed by atoms with Crippen molar-refractivity contribution in [3.8, 4) is 0 Å². The number of carbonyl (C=O) groups excluding carboxylic acids is 2. The van der Waals surface area contributed by atoms with Crippen LogP contribution in [0.2, 0.25) is 0 Å². The lowest BCUT2D eigenvalue weighted by molar-refractivity contribution is 0.562. The van der Waals surface area contributed by atoms with Crippen LogP contribution in [-0.4, -0.2) is 18.2 Å². The van der Waals surface area contributed by atoms with Gasteiger partial charge in [-0.1, -0.05) is 35.9 Å². The molecule has 0 saturated carbocycles. The maximum atomic E-state index is 8.35. The van der Waals surface area contributed by atoms with Gasteiger partial charge in [-0.2, -0.15) is 0 Å². The van der Waals surface area contributed by atoms with E-state index in [1.165, 1.54) is 11.6 Å². The Balaban J connectivity index is -0.000000161. The molecular formula is C10H12N4O2. The first-order valence-electron chi connectivity index (χ1n) is 3.82. The molecule has 84 valence electrons. The number of rotatable bonds is 0. The van der Waals surface area contributed by atoms with Gasteiger partial charge in [0.15, 0.2) is 0 Å². The van der Waals surface area contributed by atoms with E-state index >= 15 is 0 Å². The average Bonchev–Trinajstić information content (AvgIpc) is 2.22. The lowest BCUT2D eigenvalue weighted by Crippen LogP contribution is -1.62. The second kappa shape index (κ2) is 22.8. The average molecular weight is 220 g/mol. The van der Waals surface area contributed by atoms with E-state index in [-0.39, 0.29) is 0 Å². The molecule has 4 N–H and O–H groups in total. The Kier molecular flexibility index (Phi) is 27.1. The second-order valence-electron chi connectivity index (χ2n) is 1.98. The molecule has 0 aliphatic carbocycles. The van der Waals surface area contributed by atoms with E-state index in [4.69, 9.17) is 31.2 Å². The van der Waals surface area contributed by atoms with Gasteiger partial charge < -0.3 is 0 Å². The fourth-order valence-corrected chi connectivity index (χ4v) is 0.534. The van der Waals surface area contributed by atoms with E-state index in [1.807, 2.05) is 18.2 Å². The summed E-state index contributed by atoms with van der Waals surface area (Å²) in [5.74, 6) is 0. The van der Waals surface area contributed by atoms with Crippen molar-refractivity contribution >= 4 is 18.2 Å². The molecule has 0 amide bonds. The van der Waals surface area contributed by atoms with Gasteiger partial charge >= 0.3 is 0 Å². The summed E-state index contributed by atoms with van der Waals surface area (Å²) in [7, 11) is 0. The molecule has 0 bridgehead atoms. The van der Waals surface area contributed by atoms with Gasteiger partial charge in [0.1, 0.15) is 0 Å². The zero-order valence-electron chi connectivity index (χ0n) is 8.70. The van der Waals surface area contributed by atoms with Gasteiger partial charge in [-0.25, -0.2) is 31.2 Å². The highest BCUT2D eigenvalue weighted by Gasteiger charge is 1.72. The third kappa shape index (κ3) is 42.4. The summed E-state index contributed by atoms with van der Waals surface area (Å²) in [6.45, 7) is 2.08. The first-order chi connectivity index (χ1) is 7.64. The highest BCUT2D eigenvalue weighted by atomic mass is 16.1. The molecule has 0 aliphatic rings. The van der Waals surface area contributed by atoms with Crippen molar-refractivity contribution in [1.29, 1.82) is 21.6 Å². The minimum atomic E-state index is 0.750. The largest absolute Gasteiger partial charge is 0.242 e. The Hall–Kier alpha value is -2.64. The van der Waals surface area contributed by atoms with Gasteiger partial charge in [-0.05, 0) is 6.92 Å². The summed E-state index contributed by atoms with van der Waals surface area (Å²) in [6.07, 6.45) is 1.50. The van der Waals surface area contributed by atoms with Crippen LogP contribution in [0, 0.1) is 28.6 Å². The van der Waals surface area contributed by atoms with Gasteiger partial charge in [0.25, 0.3) is 0 Å². The smallest absolute Gasteiger partial charge is 0.231 e. The number of hydrogen-bond acceptors (Lipinski definition) is 6. The standard InChI is InChI=1S/C7H8.CH2N2.2CHNO/c1-7-5-3-2-4-6-7;3*2-1-3/h2-6H,1H3;2-3H;2*2H. The van der Waals surface area contributed by atoms with Crippen LogP contribution in [0.5, 0.6) is 0 Å². The zero-order valence-corrected chi connectivity index (χ0v) is 8.70. The van der Waals surface area contributed by atoms with E-state index in [0.717, 1.165) is 12.2 Å². The Morgan fingerprint density at radius 3 is 1.25 bits per heavy atom. The molecule has 6 heteroatoms. The summed E-state index contributed by atoms with van der Waals surface area (Å²) in [5, 5.41) is 22.1. The van der Waals surface area contributed by atoms with Crippen LogP contribution in [0.1, 0.15) is 5.56 Å². The Bertz CT molecular complexity index is 316. The van der Waals surface area contributed by atoms with Crippen molar-refractivity contribution in [3.63, 3.8) is 0 Å². The zero-order chi connectivity index (χ0) is 13.2. The molecule has 0 radical (unpaired) electrons. The molecule has 0 aromatic heterocycles. The molecule has 1 rings (SSSR count). The normalized spacial score (nSPS) is 5.31. The molecule has 0 fully saturated rings. The highest BCUT2D eigenvalue weighted by Crippen LogP contribution is 1.92. The predicted molar refractivity (Wildman–Crippen MR) is 58.5 cm³/mol. The molecule has 1 aromatic rings. The van der Waals surface area contributed by atoms with Crippen LogP contribution < -0.4 is 0 Å². The van der Waals surface area contributed by atoms with Crippen LogP contribution in [0.3, 0.4) is 0 Å². The van der Waals surface area contributed by atoms with Crippen LogP contribution in [0.15, 0.2) is 30.3 Å². The number of hydrogen-bond donors (Lipinski definition) is 4. The molecular weight excluding hydrogens is 208 g/mol. The van der Waals surface area contributed by atoms with E-state index in [2.05, 4.69) is 19.1 Å². The Labute approximate surface area is 93.0 Å². The molecule has 0 heterocycles. The molecule has 16 heavy (non-hydrogen) atoms. The molecule has 0 unspecified atom stereocenters. The monoisotopic (exact) mass is 220 g/mol. The third-order valence-electron chi connectivity index (χ3n) is 0.940. The van der Waals surface area contributed by atoms with E-state index in [1.54, 1.807) is 0 Å². The molecule has 0 saturated heterocycles. The maximum absolute atomic E-state index is 8.35. The van der Waals surface area contributed by atoms with Crippen molar-refractivity contribution in [1.82, 2.24) is 0 Å². The summed E-state index contributed by atoms with van der Waals surface area (Å²) in [4.78, 5) is 16.7. The fourth-order valence-electron chi connectivity index (χ4n) is 0.534. The van der Waals surface area contributed by atoms with Crippen LogP contribution in [0.25, 0.3) is 0 Å². The lowest BCUT2D eigenvalue weighted by atomic mass is 10.2. The predicted octanol–water partition coefficient (Wildman–Crippen LogP) is 2.11. The van der Waals surface area contributed by atoms with Crippen molar-refractivity contribution < 1.29 is 9.59 Å². The van der Waals surface area contributed by atoms with Gasteiger partial charge in [0.2, 0.25) is 12.2 Å². The minimum absolute atomic E-state index is 0.750. The molecule has 6 nitrogen and oxygen atoms in total.